The van der Waals surface area contributed by atoms with E-state index in [1.807, 2.05) is 30.3 Å². The van der Waals surface area contributed by atoms with Crippen molar-refractivity contribution in [2.45, 2.75) is 13.0 Å². The van der Waals surface area contributed by atoms with Crippen LogP contribution in [0.15, 0.2) is 59.5 Å². The molecule has 1 amide bonds. The number of benzene rings is 1. The zero-order valence-corrected chi connectivity index (χ0v) is 12.4. The average molecular weight is 309 g/mol. The lowest BCUT2D eigenvalue weighted by Gasteiger charge is -2.14. The maximum atomic E-state index is 12.4. The third-order valence-corrected chi connectivity index (χ3v) is 3.59. The first-order valence-electron chi connectivity index (χ1n) is 7.14. The first-order valence-corrected chi connectivity index (χ1v) is 7.14. The molecule has 6 nitrogen and oxygen atoms in total. The van der Waals surface area contributed by atoms with Crippen LogP contribution in [0.3, 0.4) is 0 Å². The smallest absolute Gasteiger partial charge is 0.274 e. The molecule has 1 atom stereocenters. The summed E-state index contributed by atoms with van der Waals surface area (Å²) in [7, 11) is 0. The fourth-order valence-corrected chi connectivity index (χ4v) is 2.37. The topological polar surface area (TPSA) is 83.7 Å². The fourth-order valence-electron chi connectivity index (χ4n) is 2.37. The summed E-state index contributed by atoms with van der Waals surface area (Å²) in [5.74, 6) is -1.23. The van der Waals surface area contributed by atoms with Crippen molar-refractivity contribution < 1.29 is 9.90 Å². The van der Waals surface area contributed by atoms with Gasteiger partial charge >= 0.3 is 0 Å². The van der Waals surface area contributed by atoms with E-state index in [1.165, 1.54) is 10.6 Å². The zero-order valence-electron chi connectivity index (χ0n) is 12.4. The van der Waals surface area contributed by atoms with Gasteiger partial charge in [-0.1, -0.05) is 36.4 Å². The van der Waals surface area contributed by atoms with E-state index >= 15 is 0 Å². The summed E-state index contributed by atoms with van der Waals surface area (Å²) in [6.45, 7) is 1.80. The number of pyridine rings is 1. The third-order valence-electron chi connectivity index (χ3n) is 3.59. The molecule has 1 aromatic carbocycles. The van der Waals surface area contributed by atoms with Crippen molar-refractivity contribution in [1.29, 1.82) is 0 Å². The fraction of sp³-hybridized carbons (Fsp3) is 0.118. The molecule has 0 fully saturated rings. The maximum Gasteiger partial charge on any atom is 0.274 e. The van der Waals surface area contributed by atoms with Crippen LogP contribution in [-0.2, 0) is 0 Å². The second-order valence-electron chi connectivity index (χ2n) is 5.15. The molecule has 23 heavy (non-hydrogen) atoms. The molecule has 0 aliphatic carbocycles. The van der Waals surface area contributed by atoms with Gasteiger partial charge in [-0.2, -0.15) is 4.98 Å². The van der Waals surface area contributed by atoms with E-state index in [-0.39, 0.29) is 17.3 Å². The predicted molar refractivity (Wildman–Crippen MR) is 85.5 cm³/mol. The Bertz CT molecular complexity index is 919. The van der Waals surface area contributed by atoms with E-state index < -0.39 is 17.3 Å². The number of aromatic hydroxyl groups is 1. The highest BCUT2D eigenvalue weighted by Crippen LogP contribution is 2.15. The van der Waals surface area contributed by atoms with Gasteiger partial charge in [0.15, 0.2) is 5.56 Å². The van der Waals surface area contributed by atoms with Crippen LogP contribution in [0.2, 0.25) is 0 Å². The van der Waals surface area contributed by atoms with Gasteiger partial charge in [0.1, 0.15) is 5.65 Å². The van der Waals surface area contributed by atoms with Crippen molar-refractivity contribution in [3.8, 4) is 5.88 Å². The minimum atomic E-state index is -0.658. The Kier molecular flexibility index (Phi) is 3.80. The Morgan fingerprint density at radius 2 is 1.87 bits per heavy atom. The number of amides is 1. The van der Waals surface area contributed by atoms with Gasteiger partial charge in [0.2, 0.25) is 5.88 Å². The first-order chi connectivity index (χ1) is 11.1. The molecule has 0 saturated heterocycles. The minimum absolute atomic E-state index is 0.280. The minimum Gasteiger partial charge on any atom is -0.493 e. The molecule has 2 heterocycles. The predicted octanol–water partition coefficient (Wildman–Crippen LogP) is 1.89. The molecule has 0 bridgehead atoms. The molecular formula is C17H15N3O3. The number of carbonyl (C=O) groups excluding carboxylic acids is 1. The number of nitrogens with zero attached hydrogens (tertiary/aromatic N) is 2. The molecule has 2 aromatic heterocycles. The Morgan fingerprint density at radius 3 is 2.61 bits per heavy atom. The van der Waals surface area contributed by atoms with Gasteiger partial charge in [-0.3, -0.25) is 14.0 Å². The van der Waals surface area contributed by atoms with E-state index in [4.69, 9.17) is 0 Å². The molecule has 3 rings (SSSR count). The maximum absolute atomic E-state index is 12.4. The molecule has 116 valence electrons. The quantitative estimate of drug-likeness (QED) is 0.774. The van der Waals surface area contributed by atoms with Crippen molar-refractivity contribution in [3.05, 3.63) is 76.2 Å². The van der Waals surface area contributed by atoms with Crippen LogP contribution in [-0.4, -0.2) is 20.4 Å². The van der Waals surface area contributed by atoms with Gasteiger partial charge in [-0.05, 0) is 24.6 Å². The summed E-state index contributed by atoms with van der Waals surface area (Å²) in [5.41, 5.74) is 0.208. The second-order valence-corrected chi connectivity index (χ2v) is 5.15. The van der Waals surface area contributed by atoms with E-state index in [9.17, 15) is 14.7 Å². The average Bonchev–Trinajstić information content (AvgIpc) is 2.55. The van der Waals surface area contributed by atoms with Gasteiger partial charge in [-0.15, -0.1) is 0 Å². The first kappa shape index (κ1) is 14.8. The summed E-state index contributed by atoms with van der Waals surface area (Å²) < 4.78 is 1.22. The SMILES string of the molecule is C[C@@H](NC(=O)c1c(O)nc2ccccn2c1=O)c1ccccc1. The number of fused-ring (bicyclic) bond motifs is 1. The summed E-state index contributed by atoms with van der Waals surface area (Å²) in [6.07, 6.45) is 1.50. The van der Waals surface area contributed by atoms with E-state index in [0.29, 0.717) is 0 Å². The molecule has 6 heteroatoms. The monoisotopic (exact) mass is 309 g/mol. The van der Waals surface area contributed by atoms with Crippen molar-refractivity contribution in [1.82, 2.24) is 14.7 Å². The Balaban J connectivity index is 1.97. The number of hydrogen-bond acceptors (Lipinski definition) is 4. The normalized spacial score (nSPS) is 12.0. The summed E-state index contributed by atoms with van der Waals surface area (Å²) >= 11 is 0. The van der Waals surface area contributed by atoms with Crippen molar-refractivity contribution in [3.63, 3.8) is 0 Å². The van der Waals surface area contributed by atoms with E-state index in [2.05, 4.69) is 10.3 Å². The number of carbonyl (C=O) groups is 1. The number of aromatic nitrogens is 2. The molecule has 3 aromatic rings. The number of nitrogens with one attached hydrogen (secondary N) is 1. The van der Waals surface area contributed by atoms with Gasteiger partial charge < -0.3 is 10.4 Å². The molecule has 2 N–H and O–H groups in total. The summed E-state index contributed by atoms with van der Waals surface area (Å²) in [4.78, 5) is 28.7. The summed E-state index contributed by atoms with van der Waals surface area (Å²) in [5, 5.41) is 12.7. The van der Waals surface area contributed by atoms with Crippen LogP contribution in [0, 0.1) is 0 Å². The lowest BCUT2D eigenvalue weighted by Crippen LogP contribution is -2.33. The molecule has 0 saturated carbocycles. The lowest BCUT2D eigenvalue weighted by molar-refractivity contribution is 0.0934. The molecule has 0 aliphatic heterocycles. The van der Waals surface area contributed by atoms with Crippen molar-refractivity contribution in [2.24, 2.45) is 0 Å². The molecule has 0 unspecified atom stereocenters. The third kappa shape index (κ3) is 2.78. The largest absolute Gasteiger partial charge is 0.493 e. The lowest BCUT2D eigenvalue weighted by atomic mass is 10.1. The van der Waals surface area contributed by atoms with Crippen LogP contribution in [0.1, 0.15) is 28.9 Å². The molecular weight excluding hydrogens is 294 g/mol. The summed E-state index contributed by atoms with van der Waals surface area (Å²) in [6, 6.07) is 14.0. The Morgan fingerprint density at radius 1 is 1.17 bits per heavy atom. The Labute approximate surface area is 132 Å². The number of rotatable bonds is 3. The van der Waals surface area contributed by atoms with Crippen LogP contribution >= 0.6 is 0 Å². The van der Waals surface area contributed by atoms with Crippen LogP contribution in [0.4, 0.5) is 0 Å². The van der Waals surface area contributed by atoms with Crippen LogP contribution in [0.5, 0.6) is 5.88 Å². The van der Waals surface area contributed by atoms with Crippen LogP contribution in [0.25, 0.3) is 5.65 Å². The van der Waals surface area contributed by atoms with Gasteiger partial charge in [-0.25, -0.2) is 0 Å². The van der Waals surface area contributed by atoms with Crippen LogP contribution < -0.4 is 10.9 Å². The van der Waals surface area contributed by atoms with Gasteiger partial charge in [0.05, 0.1) is 6.04 Å². The Hall–Kier alpha value is -3.15. The molecule has 0 spiro atoms. The van der Waals surface area contributed by atoms with E-state index in [1.54, 1.807) is 25.1 Å². The highest BCUT2D eigenvalue weighted by molar-refractivity contribution is 5.96. The van der Waals surface area contributed by atoms with E-state index in [0.717, 1.165) is 5.56 Å². The van der Waals surface area contributed by atoms with Gasteiger partial charge in [0, 0.05) is 6.20 Å². The van der Waals surface area contributed by atoms with Gasteiger partial charge in [0.25, 0.3) is 11.5 Å². The van der Waals surface area contributed by atoms with Crippen molar-refractivity contribution >= 4 is 11.6 Å². The molecule has 0 radical (unpaired) electrons. The number of hydrogen-bond donors (Lipinski definition) is 2. The molecule has 0 aliphatic rings. The second kappa shape index (κ2) is 5.92. The van der Waals surface area contributed by atoms with Crippen molar-refractivity contribution in [2.75, 3.05) is 0 Å². The zero-order chi connectivity index (χ0) is 16.4. The standard InChI is InChI=1S/C17H15N3O3/c1-11(12-7-3-2-4-8-12)18-15(21)14-16(22)19-13-9-5-6-10-20(13)17(14)23/h2-11,22H,1H3,(H,18,21)/t11-/m1/s1. The highest BCUT2D eigenvalue weighted by atomic mass is 16.3. The highest BCUT2D eigenvalue weighted by Gasteiger charge is 2.21.